The molecule has 2 nitrogen and oxygen atoms in total. The zero-order valence-electron chi connectivity index (χ0n) is 12.4. The molecule has 0 amide bonds. The van der Waals surface area contributed by atoms with Crippen LogP contribution < -0.4 is 5.32 Å². The van der Waals surface area contributed by atoms with Gasteiger partial charge in [0.25, 0.3) is 0 Å². The number of rotatable bonds is 8. The van der Waals surface area contributed by atoms with E-state index in [1.54, 1.807) is 0 Å². The molecular weight excluding hydrogens is 220 g/mol. The molecule has 1 aromatic rings. The van der Waals surface area contributed by atoms with Crippen molar-refractivity contribution in [1.29, 1.82) is 0 Å². The van der Waals surface area contributed by atoms with E-state index in [9.17, 15) is 0 Å². The van der Waals surface area contributed by atoms with Gasteiger partial charge in [-0.15, -0.1) is 0 Å². The fraction of sp³-hybridized carbons (Fsp3) is 0.688. The van der Waals surface area contributed by atoms with Crippen molar-refractivity contribution in [2.24, 2.45) is 5.92 Å². The Morgan fingerprint density at radius 2 is 2.06 bits per heavy atom. The summed E-state index contributed by atoms with van der Waals surface area (Å²) in [6.45, 7) is 10.00. The van der Waals surface area contributed by atoms with Gasteiger partial charge in [-0.3, -0.25) is 4.98 Å². The number of aromatic nitrogens is 1. The van der Waals surface area contributed by atoms with Gasteiger partial charge in [-0.05, 0) is 49.9 Å². The maximum absolute atomic E-state index is 4.53. The molecule has 0 spiro atoms. The number of aryl methyl sites for hydroxylation is 1. The van der Waals surface area contributed by atoms with Gasteiger partial charge < -0.3 is 5.32 Å². The molecule has 1 heterocycles. The van der Waals surface area contributed by atoms with Gasteiger partial charge >= 0.3 is 0 Å². The van der Waals surface area contributed by atoms with Crippen molar-refractivity contribution in [1.82, 2.24) is 10.3 Å². The van der Waals surface area contributed by atoms with Crippen LogP contribution in [-0.2, 0) is 0 Å². The van der Waals surface area contributed by atoms with E-state index in [2.05, 4.69) is 50.1 Å². The first-order valence-corrected chi connectivity index (χ1v) is 7.29. The quantitative estimate of drug-likeness (QED) is 0.743. The molecule has 0 fully saturated rings. The van der Waals surface area contributed by atoms with Gasteiger partial charge in [0.2, 0.25) is 0 Å². The molecule has 18 heavy (non-hydrogen) atoms. The largest absolute Gasteiger partial charge is 0.309 e. The molecule has 1 unspecified atom stereocenters. The highest BCUT2D eigenvalue weighted by Crippen LogP contribution is 2.20. The van der Waals surface area contributed by atoms with E-state index in [0.717, 1.165) is 12.5 Å². The van der Waals surface area contributed by atoms with E-state index in [1.165, 1.54) is 36.9 Å². The lowest BCUT2D eigenvalue weighted by atomic mass is 10.00. The van der Waals surface area contributed by atoms with Crippen LogP contribution in [-0.4, -0.2) is 11.5 Å². The van der Waals surface area contributed by atoms with E-state index in [1.807, 2.05) is 6.20 Å². The smallest absolute Gasteiger partial charge is 0.0575 e. The van der Waals surface area contributed by atoms with Crippen LogP contribution in [0.4, 0.5) is 0 Å². The van der Waals surface area contributed by atoms with Gasteiger partial charge in [0.05, 0.1) is 5.69 Å². The summed E-state index contributed by atoms with van der Waals surface area (Å²) in [4.78, 5) is 4.53. The molecule has 0 radical (unpaired) electrons. The van der Waals surface area contributed by atoms with Crippen LogP contribution in [0.3, 0.4) is 0 Å². The SMILES string of the molecule is CCCNC(CCCC(C)C)c1cc(C)ccn1. The highest BCUT2D eigenvalue weighted by Gasteiger charge is 2.12. The predicted octanol–water partition coefficient (Wildman–Crippen LogP) is 4.26. The maximum atomic E-state index is 4.53. The van der Waals surface area contributed by atoms with Crippen LogP contribution >= 0.6 is 0 Å². The molecule has 1 rings (SSSR count). The minimum absolute atomic E-state index is 0.420. The Morgan fingerprint density at radius 3 is 2.67 bits per heavy atom. The molecule has 0 bridgehead atoms. The summed E-state index contributed by atoms with van der Waals surface area (Å²) < 4.78 is 0. The highest BCUT2D eigenvalue weighted by atomic mass is 14.9. The zero-order chi connectivity index (χ0) is 13.4. The molecule has 1 atom stereocenters. The fourth-order valence-corrected chi connectivity index (χ4v) is 2.15. The second-order valence-corrected chi connectivity index (χ2v) is 5.59. The molecule has 0 aliphatic carbocycles. The lowest BCUT2D eigenvalue weighted by Crippen LogP contribution is -2.23. The summed E-state index contributed by atoms with van der Waals surface area (Å²) in [7, 11) is 0. The third-order valence-corrected chi connectivity index (χ3v) is 3.21. The minimum atomic E-state index is 0.420. The molecule has 0 saturated carbocycles. The number of nitrogens with zero attached hydrogens (tertiary/aromatic N) is 1. The van der Waals surface area contributed by atoms with E-state index >= 15 is 0 Å². The van der Waals surface area contributed by atoms with Crippen molar-refractivity contribution in [2.75, 3.05) is 6.54 Å². The molecule has 0 saturated heterocycles. The Balaban J connectivity index is 2.59. The topological polar surface area (TPSA) is 24.9 Å². The first-order chi connectivity index (χ1) is 8.63. The van der Waals surface area contributed by atoms with Gasteiger partial charge in [-0.2, -0.15) is 0 Å². The van der Waals surface area contributed by atoms with E-state index in [-0.39, 0.29) is 0 Å². The van der Waals surface area contributed by atoms with Gasteiger partial charge in [-0.25, -0.2) is 0 Å². The Bertz CT molecular complexity index is 334. The zero-order valence-corrected chi connectivity index (χ0v) is 12.4. The van der Waals surface area contributed by atoms with Crippen LogP contribution in [0.25, 0.3) is 0 Å². The van der Waals surface area contributed by atoms with Crippen LogP contribution in [0, 0.1) is 12.8 Å². The van der Waals surface area contributed by atoms with Gasteiger partial charge in [0.15, 0.2) is 0 Å². The summed E-state index contributed by atoms with van der Waals surface area (Å²) in [6.07, 6.45) is 6.86. The van der Waals surface area contributed by atoms with E-state index in [0.29, 0.717) is 6.04 Å². The molecule has 1 N–H and O–H groups in total. The van der Waals surface area contributed by atoms with Crippen molar-refractivity contribution < 1.29 is 0 Å². The van der Waals surface area contributed by atoms with Gasteiger partial charge in [-0.1, -0.05) is 33.6 Å². The Hall–Kier alpha value is -0.890. The monoisotopic (exact) mass is 248 g/mol. The van der Waals surface area contributed by atoms with Crippen molar-refractivity contribution in [3.8, 4) is 0 Å². The van der Waals surface area contributed by atoms with Crippen LogP contribution in [0.1, 0.15) is 63.8 Å². The van der Waals surface area contributed by atoms with Crippen LogP contribution in [0.5, 0.6) is 0 Å². The lowest BCUT2D eigenvalue weighted by molar-refractivity contribution is 0.441. The van der Waals surface area contributed by atoms with Gasteiger partial charge in [0, 0.05) is 12.2 Å². The van der Waals surface area contributed by atoms with Crippen molar-refractivity contribution in [3.63, 3.8) is 0 Å². The number of hydrogen-bond acceptors (Lipinski definition) is 2. The molecule has 0 aliphatic heterocycles. The standard InChI is InChI=1S/C16H28N2/c1-5-10-17-15(8-6-7-13(2)3)16-12-14(4)9-11-18-16/h9,11-13,15,17H,5-8,10H2,1-4H3. The molecule has 102 valence electrons. The second kappa shape index (κ2) is 8.25. The normalized spacial score (nSPS) is 12.9. The number of hydrogen-bond donors (Lipinski definition) is 1. The highest BCUT2D eigenvalue weighted by molar-refractivity contribution is 5.17. The number of pyridine rings is 1. The number of nitrogens with one attached hydrogen (secondary N) is 1. The van der Waals surface area contributed by atoms with E-state index in [4.69, 9.17) is 0 Å². The third-order valence-electron chi connectivity index (χ3n) is 3.21. The van der Waals surface area contributed by atoms with Crippen molar-refractivity contribution >= 4 is 0 Å². The van der Waals surface area contributed by atoms with Crippen molar-refractivity contribution in [2.45, 2.75) is 59.4 Å². The van der Waals surface area contributed by atoms with Crippen molar-refractivity contribution in [3.05, 3.63) is 29.6 Å². The summed E-state index contributed by atoms with van der Waals surface area (Å²) >= 11 is 0. The summed E-state index contributed by atoms with van der Waals surface area (Å²) in [5.41, 5.74) is 2.50. The van der Waals surface area contributed by atoms with Crippen LogP contribution in [0.15, 0.2) is 18.3 Å². The second-order valence-electron chi connectivity index (χ2n) is 5.59. The molecule has 0 aromatic carbocycles. The average Bonchev–Trinajstić information content (AvgIpc) is 2.33. The summed E-state index contributed by atoms with van der Waals surface area (Å²) in [5, 5.41) is 3.62. The molecule has 1 aromatic heterocycles. The Labute approximate surface area is 112 Å². The summed E-state index contributed by atoms with van der Waals surface area (Å²) in [5.74, 6) is 0.794. The minimum Gasteiger partial charge on any atom is -0.309 e. The summed E-state index contributed by atoms with van der Waals surface area (Å²) in [6, 6.07) is 4.69. The first kappa shape index (κ1) is 15.2. The third kappa shape index (κ3) is 5.63. The average molecular weight is 248 g/mol. The first-order valence-electron chi connectivity index (χ1n) is 7.29. The van der Waals surface area contributed by atoms with E-state index < -0.39 is 0 Å². The van der Waals surface area contributed by atoms with Gasteiger partial charge in [0.1, 0.15) is 0 Å². The molecular formula is C16H28N2. The molecule has 2 heteroatoms. The lowest BCUT2D eigenvalue weighted by Gasteiger charge is -2.19. The fourth-order valence-electron chi connectivity index (χ4n) is 2.15. The Morgan fingerprint density at radius 1 is 1.28 bits per heavy atom. The molecule has 0 aliphatic rings. The predicted molar refractivity (Wildman–Crippen MR) is 78.7 cm³/mol. The van der Waals surface area contributed by atoms with Crippen LogP contribution in [0.2, 0.25) is 0 Å². The Kier molecular flexibility index (Phi) is 6.96. The maximum Gasteiger partial charge on any atom is 0.0575 e.